The number of hydrogen-bond donors (Lipinski definition) is 1. The van der Waals surface area contributed by atoms with E-state index in [1.807, 2.05) is 11.8 Å². The third kappa shape index (κ3) is 3.85. The second kappa shape index (κ2) is 6.19. The van der Waals surface area contributed by atoms with Gasteiger partial charge in [0.05, 0.1) is 16.6 Å². The predicted molar refractivity (Wildman–Crippen MR) is 81.5 cm³/mol. The minimum Gasteiger partial charge on any atom is -0.392 e. The Kier molecular flexibility index (Phi) is 4.73. The molecule has 1 fully saturated rings. The average Bonchev–Trinajstić information content (AvgIpc) is 2.46. The Hall–Kier alpha value is -1.34. The van der Waals surface area contributed by atoms with Gasteiger partial charge in [-0.15, -0.1) is 0 Å². The summed E-state index contributed by atoms with van der Waals surface area (Å²) >= 11 is 4.98. The molecule has 1 aliphatic heterocycles. The first-order chi connectivity index (χ1) is 9.79. The van der Waals surface area contributed by atoms with Crippen LogP contribution >= 0.6 is 12.2 Å². The van der Waals surface area contributed by atoms with Crippen LogP contribution in [0.5, 0.6) is 0 Å². The summed E-state index contributed by atoms with van der Waals surface area (Å²) in [5.74, 6) is 0. The van der Waals surface area contributed by atoms with Gasteiger partial charge in [-0.2, -0.15) is 13.2 Å². The standard InChI is InChI=1S/C14H18F3N3S/c1-10(13(18)21)19-5-7-20(8-6-19)12-4-2-3-11(9-12)14(15,16)17/h2-4,9-10H,5-8H2,1H3,(H2,18,21). The lowest BCUT2D eigenvalue weighted by molar-refractivity contribution is -0.137. The van der Waals surface area contributed by atoms with E-state index < -0.39 is 11.7 Å². The van der Waals surface area contributed by atoms with Crippen molar-refractivity contribution in [2.75, 3.05) is 31.1 Å². The van der Waals surface area contributed by atoms with Crippen molar-refractivity contribution in [1.29, 1.82) is 0 Å². The molecule has 1 unspecified atom stereocenters. The average molecular weight is 317 g/mol. The fraction of sp³-hybridized carbons (Fsp3) is 0.500. The highest BCUT2D eigenvalue weighted by molar-refractivity contribution is 7.80. The predicted octanol–water partition coefficient (Wildman–Crippen LogP) is 2.50. The molecule has 0 aliphatic carbocycles. The summed E-state index contributed by atoms with van der Waals surface area (Å²) in [4.78, 5) is 4.55. The zero-order chi connectivity index (χ0) is 15.6. The lowest BCUT2D eigenvalue weighted by Crippen LogP contribution is -2.52. The lowest BCUT2D eigenvalue weighted by atomic mass is 10.1. The number of hydrogen-bond acceptors (Lipinski definition) is 3. The number of piperazine rings is 1. The summed E-state index contributed by atoms with van der Waals surface area (Å²) in [6.45, 7) is 4.73. The number of anilines is 1. The zero-order valence-electron chi connectivity index (χ0n) is 11.7. The Morgan fingerprint density at radius 1 is 1.24 bits per heavy atom. The van der Waals surface area contributed by atoms with Crippen molar-refractivity contribution in [1.82, 2.24) is 4.90 Å². The first-order valence-corrected chi connectivity index (χ1v) is 7.15. The topological polar surface area (TPSA) is 32.5 Å². The summed E-state index contributed by atoms with van der Waals surface area (Å²) in [6.07, 6.45) is -4.31. The molecule has 21 heavy (non-hydrogen) atoms. The van der Waals surface area contributed by atoms with Crippen LogP contribution in [0.15, 0.2) is 24.3 Å². The minimum atomic E-state index is -4.31. The number of nitrogens with two attached hydrogens (primary N) is 1. The molecule has 1 aromatic carbocycles. The van der Waals surface area contributed by atoms with E-state index in [1.165, 1.54) is 12.1 Å². The van der Waals surface area contributed by atoms with Gasteiger partial charge in [-0.3, -0.25) is 4.90 Å². The molecule has 116 valence electrons. The summed E-state index contributed by atoms with van der Waals surface area (Å²) in [7, 11) is 0. The number of benzene rings is 1. The van der Waals surface area contributed by atoms with Crippen LogP contribution in [0.25, 0.3) is 0 Å². The molecule has 0 spiro atoms. The van der Waals surface area contributed by atoms with Crippen LogP contribution in [0.2, 0.25) is 0 Å². The van der Waals surface area contributed by atoms with Crippen LogP contribution in [-0.2, 0) is 6.18 Å². The Morgan fingerprint density at radius 3 is 2.38 bits per heavy atom. The smallest absolute Gasteiger partial charge is 0.392 e. The third-order valence-corrected chi connectivity index (χ3v) is 4.15. The van der Waals surface area contributed by atoms with Crippen molar-refractivity contribution in [2.24, 2.45) is 5.73 Å². The first kappa shape index (κ1) is 16.0. The van der Waals surface area contributed by atoms with Crippen molar-refractivity contribution < 1.29 is 13.2 Å². The van der Waals surface area contributed by atoms with Gasteiger partial charge in [0.25, 0.3) is 0 Å². The van der Waals surface area contributed by atoms with E-state index in [0.29, 0.717) is 23.8 Å². The quantitative estimate of drug-likeness (QED) is 0.868. The summed E-state index contributed by atoms with van der Waals surface area (Å²) in [6, 6.07) is 5.47. The van der Waals surface area contributed by atoms with Gasteiger partial charge in [-0.25, -0.2) is 0 Å². The molecule has 1 atom stereocenters. The van der Waals surface area contributed by atoms with Gasteiger partial charge < -0.3 is 10.6 Å². The second-order valence-corrected chi connectivity index (χ2v) is 5.62. The number of thiocarbonyl (C=S) groups is 1. The Balaban J connectivity index is 2.04. The van der Waals surface area contributed by atoms with E-state index in [4.69, 9.17) is 18.0 Å². The number of halogens is 3. The molecule has 7 heteroatoms. The Morgan fingerprint density at radius 2 is 1.86 bits per heavy atom. The van der Waals surface area contributed by atoms with Crippen molar-refractivity contribution in [3.8, 4) is 0 Å². The molecule has 0 amide bonds. The molecule has 2 N–H and O–H groups in total. The van der Waals surface area contributed by atoms with Crippen LogP contribution in [0.4, 0.5) is 18.9 Å². The van der Waals surface area contributed by atoms with Gasteiger partial charge in [0.2, 0.25) is 0 Å². The molecule has 1 heterocycles. The van der Waals surface area contributed by atoms with Crippen LogP contribution in [0.1, 0.15) is 12.5 Å². The van der Waals surface area contributed by atoms with Gasteiger partial charge in [0, 0.05) is 31.9 Å². The van der Waals surface area contributed by atoms with E-state index >= 15 is 0 Å². The molecule has 0 radical (unpaired) electrons. The molecule has 0 bridgehead atoms. The van der Waals surface area contributed by atoms with Crippen LogP contribution in [0.3, 0.4) is 0 Å². The highest BCUT2D eigenvalue weighted by Crippen LogP contribution is 2.31. The third-order valence-electron chi connectivity index (χ3n) is 3.81. The maximum absolute atomic E-state index is 12.7. The maximum Gasteiger partial charge on any atom is 0.416 e. The van der Waals surface area contributed by atoms with Crippen molar-refractivity contribution in [3.63, 3.8) is 0 Å². The normalized spacial score (nSPS) is 18.6. The number of rotatable bonds is 3. The van der Waals surface area contributed by atoms with Gasteiger partial charge in [0.1, 0.15) is 0 Å². The summed E-state index contributed by atoms with van der Waals surface area (Å²) in [5, 5.41) is 0. The lowest BCUT2D eigenvalue weighted by Gasteiger charge is -2.38. The molecule has 0 saturated carbocycles. The fourth-order valence-electron chi connectivity index (χ4n) is 2.43. The molecule has 3 nitrogen and oxygen atoms in total. The molecular weight excluding hydrogens is 299 g/mol. The van der Waals surface area contributed by atoms with Gasteiger partial charge in [0.15, 0.2) is 0 Å². The maximum atomic E-state index is 12.7. The second-order valence-electron chi connectivity index (χ2n) is 5.15. The number of alkyl halides is 3. The van der Waals surface area contributed by atoms with Crippen LogP contribution < -0.4 is 10.6 Å². The molecule has 2 rings (SSSR count). The van der Waals surface area contributed by atoms with E-state index in [1.54, 1.807) is 6.07 Å². The van der Waals surface area contributed by atoms with E-state index in [9.17, 15) is 13.2 Å². The minimum absolute atomic E-state index is 0.0173. The van der Waals surface area contributed by atoms with Crippen LogP contribution in [0, 0.1) is 0 Å². The Labute approximate surface area is 127 Å². The van der Waals surface area contributed by atoms with E-state index in [-0.39, 0.29) is 6.04 Å². The molecule has 1 aromatic rings. The summed E-state index contributed by atoms with van der Waals surface area (Å²) in [5.41, 5.74) is 5.62. The van der Waals surface area contributed by atoms with Gasteiger partial charge >= 0.3 is 6.18 Å². The SMILES string of the molecule is CC(C(N)=S)N1CCN(c2cccc(C(F)(F)F)c2)CC1. The van der Waals surface area contributed by atoms with Crippen LogP contribution in [-0.4, -0.2) is 42.1 Å². The monoisotopic (exact) mass is 317 g/mol. The largest absolute Gasteiger partial charge is 0.416 e. The molecule has 0 aromatic heterocycles. The van der Waals surface area contributed by atoms with Gasteiger partial charge in [-0.05, 0) is 25.1 Å². The Bertz CT molecular complexity index is 510. The molecule has 1 saturated heterocycles. The zero-order valence-corrected chi connectivity index (χ0v) is 12.5. The highest BCUT2D eigenvalue weighted by Gasteiger charge is 2.31. The summed E-state index contributed by atoms with van der Waals surface area (Å²) < 4.78 is 38.2. The van der Waals surface area contributed by atoms with E-state index in [2.05, 4.69) is 4.90 Å². The highest BCUT2D eigenvalue weighted by atomic mass is 32.1. The van der Waals surface area contributed by atoms with Crippen molar-refractivity contribution in [2.45, 2.75) is 19.1 Å². The number of nitrogens with zero attached hydrogens (tertiary/aromatic N) is 2. The van der Waals surface area contributed by atoms with E-state index in [0.717, 1.165) is 19.2 Å². The first-order valence-electron chi connectivity index (χ1n) is 6.74. The fourth-order valence-corrected chi connectivity index (χ4v) is 2.58. The molecular formula is C14H18F3N3S. The van der Waals surface area contributed by atoms with Crippen molar-refractivity contribution in [3.05, 3.63) is 29.8 Å². The van der Waals surface area contributed by atoms with Gasteiger partial charge in [-0.1, -0.05) is 18.3 Å². The van der Waals surface area contributed by atoms with Crippen molar-refractivity contribution >= 4 is 22.9 Å². The molecule has 1 aliphatic rings.